The molecule has 0 bridgehead atoms. The lowest BCUT2D eigenvalue weighted by atomic mass is 10.1. The van der Waals surface area contributed by atoms with Crippen LogP contribution in [0.4, 0.5) is 0 Å². The fraction of sp³-hybridized carbons (Fsp3) is 0.375. The molecule has 1 heterocycles. The Balaban J connectivity index is 1.69. The van der Waals surface area contributed by atoms with Crippen molar-refractivity contribution in [3.8, 4) is 12.3 Å². The van der Waals surface area contributed by atoms with Gasteiger partial charge in [0.15, 0.2) is 0 Å². The zero-order valence-electron chi connectivity index (χ0n) is 11.3. The number of hydrogen-bond acceptors (Lipinski definition) is 3. The second kappa shape index (κ2) is 7.30. The van der Waals surface area contributed by atoms with Crippen molar-refractivity contribution in [2.24, 2.45) is 0 Å². The van der Waals surface area contributed by atoms with Gasteiger partial charge >= 0.3 is 0 Å². The zero-order chi connectivity index (χ0) is 13.5. The molecule has 0 saturated heterocycles. The van der Waals surface area contributed by atoms with Crippen molar-refractivity contribution in [3.05, 3.63) is 35.2 Å². The molecule has 0 aliphatic carbocycles. The second-order valence-corrected chi connectivity index (χ2v) is 5.54. The molecule has 1 aromatic heterocycles. The molecule has 0 aliphatic rings. The minimum absolute atomic E-state index is 0.679. The fourth-order valence-corrected chi connectivity index (χ4v) is 2.69. The molecule has 19 heavy (non-hydrogen) atoms. The number of ether oxygens (including phenoxy) is 1. The molecule has 100 valence electrons. The number of rotatable bonds is 7. The van der Waals surface area contributed by atoms with E-state index in [1.807, 2.05) is 7.05 Å². The van der Waals surface area contributed by atoms with Gasteiger partial charge in [-0.25, -0.2) is 0 Å². The molecule has 1 aromatic carbocycles. The van der Waals surface area contributed by atoms with Gasteiger partial charge in [0.25, 0.3) is 0 Å². The van der Waals surface area contributed by atoms with Crippen LogP contribution in [0.15, 0.2) is 29.6 Å². The molecular formula is C16H19NOS. The van der Waals surface area contributed by atoms with Crippen molar-refractivity contribution in [1.29, 1.82) is 0 Å². The second-order valence-electron chi connectivity index (χ2n) is 4.60. The molecule has 2 rings (SSSR count). The smallest absolute Gasteiger partial charge is 0.0597 e. The summed E-state index contributed by atoms with van der Waals surface area (Å²) < 4.78 is 6.99. The maximum absolute atomic E-state index is 5.64. The van der Waals surface area contributed by atoms with E-state index in [0.29, 0.717) is 6.54 Å². The van der Waals surface area contributed by atoms with Crippen LogP contribution in [0.3, 0.4) is 0 Å². The maximum atomic E-state index is 5.64. The number of terminal acetylenes is 1. The normalized spacial score (nSPS) is 11.0. The Morgan fingerprint density at radius 1 is 1.32 bits per heavy atom. The third-order valence-corrected chi connectivity index (χ3v) is 3.93. The Labute approximate surface area is 119 Å². The van der Waals surface area contributed by atoms with Gasteiger partial charge in [-0.3, -0.25) is 4.90 Å². The third kappa shape index (κ3) is 4.36. The summed E-state index contributed by atoms with van der Waals surface area (Å²) in [4.78, 5) is 2.08. The van der Waals surface area contributed by atoms with Crippen molar-refractivity contribution >= 4 is 21.4 Å². The van der Waals surface area contributed by atoms with Gasteiger partial charge in [0.05, 0.1) is 19.8 Å². The molecule has 0 amide bonds. The molecule has 0 N–H and O–H groups in total. The van der Waals surface area contributed by atoms with E-state index in [1.54, 1.807) is 11.3 Å². The van der Waals surface area contributed by atoms with Crippen LogP contribution in [0.25, 0.3) is 10.1 Å². The summed E-state index contributed by atoms with van der Waals surface area (Å²) in [7, 11) is 2.01. The van der Waals surface area contributed by atoms with E-state index in [0.717, 1.165) is 26.2 Å². The van der Waals surface area contributed by atoms with Crippen LogP contribution >= 0.6 is 11.3 Å². The van der Waals surface area contributed by atoms with Crippen LogP contribution in [-0.2, 0) is 11.2 Å². The summed E-state index contributed by atoms with van der Waals surface area (Å²) >= 11 is 1.78. The first-order valence-electron chi connectivity index (χ1n) is 6.45. The molecular weight excluding hydrogens is 254 g/mol. The van der Waals surface area contributed by atoms with E-state index in [-0.39, 0.29) is 0 Å². The van der Waals surface area contributed by atoms with E-state index < -0.39 is 0 Å². The summed E-state index contributed by atoms with van der Waals surface area (Å²) in [6.45, 7) is 3.06. The predicted octanol–water partition coefficient (Wildman–Crippen LogP) is 3.03. The van der Waals surface area contributed by atoms with Gasteiger partial charge in [-0.05, 0) is 41.9 Å². The van der Waals surface area contributed by atoms with E-state index in [2.05, 4.69) is 40.5 Å². The summed E-state index contributed by atoms with van der Waals surface area (Å²) in [6, 6.07) is 8.79. The van der Waals surface area contributed by atoms with E-state index in [4.69, 9.17) is 11.2 Å². The minimum Gasteiger partial charge on any atom is -0.380 e. The summed E-state index contributed by atoms with van der Waals surface area (Å²) in [5.74, 6) is 2.62. The third-order valence-electron chi connectivity index (χ3n) is 3.03. The number of fused-ring (bicyclic) bond motifs is 1. The lowest BCUT2D eigenvalue weighted by molar-refractivity contribution is 0.117. The van der Waals surface area contributed by atoms with Gasteiger partial charge in [-0.15, -0.1) is 17.8 Å². The first-order valence-corrected chi connectivity index (χ1v) is 7.33. The number of thiophene rings is 1. The SMILES string of the molecule is C#CCN(C)CCOCCc1ccc2sccc2c1. The van der Waals surface area contributed by atoms with E-state index in [9.17, 15) is 0 Å². The van der Waals surface area contributed by atoms with Gasteiger partial charge in [-0.2, -0.15) is 0 Å². The van der Waals surface area contributed by atoms with E-state index in [1.165, 1.54) is 15.6 Å². The minimum atomic E-state index is 0.679. The number of benzene rings is 1. The monoisotopic (exact) mass is 273 g/mol. The van der Waals surface area contributed by atoms with Gasteiger partial charge in [0.1, 0.15) is 0 Å². The van der Waals surface area contributed by atoms with Gasteiger partial charge < -0.3 is 4.74 Å². The van der Waals surface area contributed by atoms with Crippen LogP contribution in [0, 0.1) is 12.3 Å². The number of nitrogens with zero attached hydrogens (tertiary/aromatic N) is 1. The zero-order valence-corrected chi connectivity index (χ0v) is 12.1. The molecule has 0 atom stereocenters. The Hall–Kier alpha value is -1.34. The van der Waals surface area contributed by atoms with Crippen molar-refractivity contribution < 1.29 is 4.74 Å². The lowest BCUT2D eigenvalue weighted by Gasteiger charge is -2.12. The average Bonchev–Trinajstić information content (AvgIpc) is 2.86. The van der Waals surface area contributed by atoms with E-state index >= 15 is 0 Å². The number of likely N-dealkylation sites (N-methyl/N-ethyl adjacent to an activating group) is 1. The maximum Gasteiger partial charge on any atom is 0.0597 e. The largest absolute Gasteiger partial charge is 0.380 e. The highest BCUT2D eigenvalue weighted by Crippen LogP contribution is 2.21. The predicted molar refractivity (Wildman–Crippen MR) is 82.7 cm³/mol. The fourth-order valence-electron chi connectivity index (χ4n) is 1.92. The lowest BCUT2D eigenvalue weighted by Crippen LogP contribution is -2.23. The van der Waals surface area contributed by atoms with Crippen molar-refractivity contribution in [2.75, 3.05) is 33.4 Å². The van der Waals surface area contributed by atoms with Crippen molar-refractivity contribution in [2.45, 2.75) is 6.42 Å². The molecule has 2 aromatic rings. The topological polar surface area (TPSA) is 12.5 Å². The molecule has 0 radical (unpaired) electrons. The van der Waals surface area contributed by atoms with Gasteiger partial charge in [-0.1, -0.05) is 18.1 Å². The molecule has 2 nitrogen and oxygen atoms in total. The molecule has 0 spiro atoms. The van der Waals surface area contributed by atoms with Crippen LogP contribution in [0.1, 0.15) is 5.56 Å². The molecule has 0 fully saturated rings. The Morgan fingerprint density at radius 3 is 3.05 bits per heavy atom. The first kappa shape index (κ1) is 14.1. The first-order chi connectivity index (χ1) is 9.29. The Morgan fingerprint density at radius 2 is 2.21 bits per heavy atom. The molecule has 0 aliphatic heterocycles. The summed E-state index contributed by atoms with van der Waals surface area (Å²) in [6.07, 6.45) is 6.20. The quantitative estimate of drug-likeness (QED) is 0.568. The van der Waals surface area contributed by atoms with Gasteiger partial charge in [0, 0.05) is 11.2 Å². The standard InChI is InChI=1S/C16H19NOS/c1-3-8-17(2)9-11-18-10-6-14-4-5-16-15(13-14)7-12-19-16/h1,4-5,7,12-13H,6,8-11H2,2H3. The van der Waals surface area contributed by atoms with Crippen LogP contribution in [-0.4, -0.2) is 38.3 Å². The van der Waals surface area contributed by atoms with Crippen LogP contribution < -0.4 is 0 Å². The molecule has 3 heteroatoms. The van der Waals surface area contributed by atoms with Crippen LogP contribution in [0.5, 0.6) is 0 Å². The molecule has 0 unspecified atom stereocenters. The highest BCUT2D eigenvalue weighted by atomic mass is 32.1. The average molecular weight is 273 g/mol. The van der Waals surface area contributed by atoms with Gasteiger partial charge in [0.2, 0.25) is 0 Å². The Bertz CT molecular complexity index is 555. The van der Waals surface area contributed by atoms with Crippen LogP contribution in [0.2, 0.25) is 0 Å². The van der Waals surface area contributed by atoms with Crippen molar-refractivity contribution in [3.63, 3.8) is 0 Å². The molecule has 0 saturated carbocycles. The van der Waals surface area contributed by atoms with Crippen molar-refractivity contribution in [1.82, 2.24) is 4.90 Å². The highest BCUT2D eigenvalue weighted by molar-refractivity contribution is 7.17. The summed E-state index contributed by atoms with van der Waals surface area (Å²) in [5.41, 5.74) is 1.34. The summed E-state index contributed by atoms with van der Waals surface area (Å²) in [5, 5.41) is 3.46. The highest BCUT2D eigenvalue weighted by Gasteiger charge is 1.99. The number of hydrogen-bond donors (Lipinski definition) is 0. The Kier molecular flexibility index (Phi) is 5.41.